The van der Waals surface area contributed by atoms with Crippen molar-refractivity contribution in [3.05, 3.63) is 100 Å². The summed E-state index contributed by atoms with van der Waals surface area (Å²) in [5.74, 6) is 0.512. The van der Waals surface area contributed by atoms with E-state index in [1.54, 1.807) is 24.3 Å². The maximum absolute atomic E-state index is 12.8. The van der Waals surface area contributed by atoms with Crippen LogP contribution in [0.2, 0.25) is 0 Å². The van der Waals surface area contributed by atoms with Crippen LogP contribution >= 0.6 is 0 Å². The fourth-order valence-corrected chi connectivity index (χ4v) is 3.87. The first-order valence-corrected chi connectivity index (χ1v) is 11.4. The fraction of sp³-hybridized carbons (Fsp3) is 0.154. The number of pyridine rings is 2. The summed E-state index contributed by atoms with van der Waals surface area (Å²) in [4.78, 5) is 20.8. The summed E-state index contributed by atoms with van der Waals surface area (Å²) in [6.45, 7) is 0. The Morgan fingerprint density at radius 2 is 1.21 bits per heavy atom. The monoisotopic (exact) mass is 547 g/mol. The molecule has 200 valence electrons. The van der Waals surface area contributed by atoms with Gasteiger partial charge in [0.1, 0.15) is 17.2 Å². The largest absolute Gasteiger partial charge is 0.439 e. The smallest absolute Gasteiger partial charge is 0.417 e. The Kier molecular flexibility index (Phi) is 6.58. The minimum atomic E-state index is -4.52. The molecule has 1 aliphatic heterocycles. The third kappa shape index (κ3) is 5.92. The minimum absolute atomic E-state index is 0.0313. The zero-order valence-corrected chi connectivity index (χ0v) is 19.7. The van der Waals surface area contributed by atoms with E-state index in [1.165, 1.54) is 12.1 Å². The highest BCUT2D eigenvalue weighted by atomic mass is 19.4. The van der Waals surface area contributed by atoms with Crippen LogP contribution in [0.1, 0.15) is 22.3 Å². The molecule has 2 aromatic heterocycles. The number of anilines is 1. The van der Waals surface area contributed by atoms with E-state index in [9.17, 15) is 31.2 Å². The van der Waals surface area contributed by atoms with Gasteiger partial charge in [-0.1, -0.05) is 0 Å². The summed E-state index contributed by atoms with van der Waals surface area (Å²) < 4.78 is 87.8. The van der Waals surface area contributed by atoms with Crippen molar-refractivity contribution in [3.63, 3.8) is 0 Å². The molecule has 0 saturated carbocycles. The number of nitrogens with one attached hydrogen (secondary N) is 1. The highest BCUT2D eigenvalue weighted by molar-refractivity contribution is 5.56. The number of ether oxygens (including phenoxy) is 2. The first-order valence-electron chi connectivity index (χ1n) is 11.4. The van der Waals surface area contributed by atoms with Gasteiger partial charge in [-0.25, -0.2) is 9.97 Å². The van der Waals surface area contributed by atoms with Gasteiger partial charge in [0.25, 0.3) is 5.69 Å². The van der Waals surface area contributed by atoms with E-state index >= 15 is 0 Å². The lowest BCUT2D eigenvalue weighted by molar-refractivity contribution is -0.428. The summed E-state index contributed by atoms with van der Waals surface area (Å²) in [5.41, 5.74) is 3.07. The second-order valence-electron chi connectivity index (χ2n) is 8.49. The number of hydrogen-bond donors (Lipinski definition) is 1. The summed E-state index contributed by atoms with van der Waals surface area (Å²) >= 11 is 0. The molecular weight excluding hydrogens is 530 g/mol. The maximum Gasteiger partial charge on any atom is 0.417 e. The molecule has 0 fully saturated rings. The van der Waals surface area contributed by atoms with Crippen LogP contribution in [0.25, 0.3) is 0 Å². The van der Waals surface area contributed by atoms with Gasteiger partial charge in [-0.3, -0.25) is 0 Å². The fourth-order valence-electron chi connectivity index (χ4n) is 3.87. The van der Waals surface area contributed by atoms with Gasteiger partial charge in [0.05, 0.1) is 16.0 Å². The van der Waals surface area contributed by atoms with Gasteiger partial charge in [0.15, 0.2) is 4.87 Å². The molecule has 0 unspecified atom stereocenters. The van der Waals surface area contributed by atoms with E-state index in [0.717, 1.165) is 24.3 Å². The Hall–Kier alpha value is -4.68. The summed E-state index contributed by atoms with van der Waals surface area (Å²) in [6, 6.07) is 13.4. The van der Waals surface area contributed by atoms with E-state index in [0.29, 0.717) is 58.4 Å². The molecule has 0 radical (unpaired) electrons. The predicted molar refractivity (Wildman–Crippen MR) is 126 cm³/mol. The molecule has 39 heavy (non-hydrogen) atoms. The maximum atomic E-state index is 12.8. The van der Waals surface area contributed by atoms with Gasteiger partial charge in [0.2, 0.25) is 11.8 Å². The Bertz CT molecular complexity index is 1520. The Morgan fingerprint density at radius 3 is 1.72 bits per heavy atom. The average molecular weight is 547 g/mol. The van der Waals surface area contributed by atoms with Gasteiger partial charge >= 0.3 is 12.4 Å². The molecule has 7 nitrogen and oxygen atoms in total. The third-order valence-electron chi connectivity index (χ3n) is 5.80. The molecule has 1 N–H and O–H groups in total. The number of hydrogen-bond acceptors (Lipinski definition) is 5. The second kappa shape index (κ2) is 9.89. The van der Waals surface area contributed by atoms with E-state index in [4.69, 9.17) is 9.47 Å². The van der Waals surface area contributed by atoms with Crippen molar-refractivity contribution in [1.82, 2.24) is 9.97 Å². The van der Waals surface area contributed by atoms with Crippen LogP contribution in [0.4, 0.5) is 37.7 Å². The molecule has 0 amide bonds. The van der Waals surface area contributed by atoms with Crippen LogP contribution in [-0.2, 0) is 25.2 Å². The van der Waals surface area contributed by atoms with Crippen LogP contribution < -0.4 is 14.9 Å². The highest BCUT2D eigenvalue weighted by Gasteiger charge is 2.32. The Morgan fingerprint density at radius 1 is 0.692 bits per heavy atom. The minimum Gasteiger partial charge on any atom is -0.439 e. The summed E-state index contributed by atoms with van der Waals surface area (Å²) in [6.07, 6.45) is -6.85. The van der Waals surface area contributed by atoms with Crippen LogP contribution in [-0.4, -0.2) is 14.8 Å². The zero-order chi connectivity index (χ0) is 27.8. The number of halogens is 6. The van der Waals surface area contributed by atoms with Gasteiger partial charge in [-0.05, 0) is 60.9 Å². The molecule has 4 aromatic rings. The normalized spacial score (nSPS) is 13.4. The molecular formula is C26H17F6N4O3+. The van der Waals surface area contributed by atoms with Crippen molar-refractivity contribution in [2.45, 2.75) is 25.2 Å². The first-order chi connectivity index (χ1) is 18.5. The SMILES string of the molecule is O=[N+]1Nc2ccc(Oc3ccc(C(F)(F)F)cn3)cc2CCc2cc(Oc3ccc(C(F)(F)F)cn3)ccc21. The molecule has 5 rings (SSSR count). The van der Waals surface area contributed by atoms with Crippen LogP contribution in [0.3, 0.4) is 0 Å². The van der Waals surface area contributed by atoms with E-state index < -0.39 is 23.5 Å². The van der Waals surface area contributed by atoms with E-state index in [-0.39, 0.29) is 17.5 Å². The van der Waals surface area contributed by atoms with Crippen LogP contribution in [0.15, 0.2) is 73.1 Å². The zero-order valence-electron chi connectivity index (χ0n) is 19.7. The highest BCUT2D eigenvalue weighted by Crippen LogP contribution is 2.35. The van der Waals surface area contributed by atoms with Gasteiger partial charge in [0, 0.05) is 36.2 Å². The van der Waals surface area contributed by atoms with Crippen molar-refractivity contribution in [2.24, 2.45) is 0 Å². The van der Waals surface area contributed by atoms with Gasteiger partial charge in [-0.2, -0.15) is 26.3 Å². The number of fused-ring (bicyclic) bond motifs is 2. The number of aromatic nitrogens is 2. The van der Waals surface area contributed by atoms with Crippen LogP contribution in [0, 0.1) is 4.91 Å². The number of nitroso groups, excluding NO2 is 1. The molecule has 0 bridgehead atoms. The third-order valence-corrected chi connectivity index (χ3v) is 5.80. The summed E-state index contributed by atoms with van der Waals surface area (Å²) in [5, 5.41) is 0. The molecule has 2 aromatic carbocycles. The van der Waals surface area contributed by atoms with Crippen molar-refractivity contribution >= 4 is 11.4 Å². The molecule has 0 spiro atoms. The predicted octanol–water partition coefficient (Wildman–Crippen LogP) is 7.63. The average Bonchev–Trinajstić information content (AvgIpc) is 2.87. The van der Waals surface area contributed by atoms with Gasteiger partial charge < -0.3 is 9.47 Å². The number of hydrazine groups is 1. The molecule has 1 aliphatic rings. The topological polar surface area (TPSA) is 76.4 Å². The van der Waals surface area contributed by atoms with E-state index in [1.807, 2.05) is 0 Å². The standard InChI is InChI=1S/C26H17F6N4O3/c27-25(28,29)17-3-9-23(33-13-17)38-19-5-7-21-15(11-19)1-2-16-12-20(6-8-22(16)36(37)35-21)39-24-10-4-18(14-34-24)26(30,31)32/h3-14H,1-2H2,(H,35,37)/q+1. The first kappa shape index (κ1) is 25.9. The molecule has 3 heterocycles. The van der Waals surface area contributed by atoms with Crippen LogP contribution in [0.5, 0.6) is 23.3 Å². The lowest BCUT2D eigenvalue weighted by Gasteiger charge is -2.15. The number of alkyl halides is 6. The number of nitrogens with zero attached hydrogens (tertiary/aromatic N) is 3. The lowest BCUT2D eigenvalue weighted by Crippen LogP contribution is -2.16. The Labute approximate surface area is 216 Å². The molecule has 0 saturated heterocycles. The quantitative estimate of drug-likeness (QED) is 0.209. The Balaban J connectivity index is 1.32. The van der Waals surface area contributed by atoms with Gasteiger partial charge in [-0.15, -0.1) is 5.43 Å². The molecule has 0 aliphatic carbocycles. The van der Waals surface area contributed by atoms with Crippen molar-refractivity contribution in [2.75, 3.05) is 5.43 Å². The van der Waals surface area contributed by atoms with Crippen molar-refractivity contribution in [1.29, 1.82) is 0 Å². The number of rotatable bonds is 4. The second-order valence-corrected chi connectivity index (χ2v) is 8.49. The lowest BCUT2D eigenvalue weighted by atomic mass is 10.00. The number of aryl methyl sites for hydroxylation is 2. The van der Waals surface area contributed by atoms with E-state index in [2.05, 4.69) is 15.4 Å². The number of benzene rings is 2. The van der Waals surface area contributed by atoms with Crippen molar-refractivity contribution in [3.8, 4) is 23.3 Å². The molecule has 0 atom stereocenters. The molecule has 13 heteroatoms. The summed E-state index contributed by atoms with van der Waals surface area (Å²) in [7, 11) is 0. The van der Waals surface area contributed by atoms with Crippen molar-refractivity contribution < 1.29 is 40.7 Å².